The molecule has 2 N–H and O–H groups in total. The van der Waals surface area contributed by atoms with E-state index in [1.165, 1.54) is 19.2 Å². The average Bonchev–Trinajstić information content (AvgIpc) is 3.18. The Morgan fingerprint density at radius 3 is 2.08 bits per heavy atom. The van der Waals surface area contributed by atoms with Crippen LogP contribution in [0.5, 0.6) is 0 Å². The van der Waals surface area contributed by atoms with Gasteiger partial charge in [0.15, 0.2) is 6.23 Å². The first kappa shape index (κ1) is 27.7. The molecule has 2 aromatic carbocycles. The Balaban J connectivity index is 1.73. The molecule has 0 spiro atoms. The van der Waals surface area contributed by atoms with Crippen molar-refractivity contribution in [3.63, 3.8) is 0 Å². The van der Waals surface area contributed by atoms with Crippen molar-refractivity contribution < 1.29 is 23.8 Å². The Morgan fingerprint density at radius 1 is 1.00 bits per heavy atom. The number of hydrogen-bond acceptors (Lipinski definition) is 7. The third-order valence-electron chi connectivity index (χ3n) is 7.01. The van der Waals surface area contributed by atoms with Crippen LogP contribution in [0.1, 0.15) is 33.9 Å². The molecule has 3 aromatic rings. The molecule has 0 radical (unpaired) electrons. The summed E-state index contributed by atoms with van der Waals surface area (Å²) in [6.07, 6.45) is -1.70. The molecule has 1 aromatic heterocycles. The molecule has 0 amide bonds. The Bertz CT molecular complexity index is 1310. The van der Waals surface area contributed by atoms with Crippen molar-refractivity contribution in [2.45, 2.75) is 51.2 Å². The van der Waals surface area contributed by atoms with Crippen molar-refractivity contribution in [1.82, 2.24) is 9.55 Å². The number of aromatic amines is 1. The van der Waals surface area contributed by atoms with E-state index in [2.05, 4.69) is 50.0 Å². The Morgan fingerprint density at radius 2 is 1.58 bits per heavy atom. The van der Waals surface area contributed by atoms with Gasteiger partial charge in [-0.2, -0.15) is 0 Å². The second kappa shape index (κ2) is 11.2. The highest BCUT2D eigenvalue weighted by molar-refractivity contribution is 6.99. The summed E-state index contributed by atoms with van der Waals surface area (Å²) in [7, 11) is -2.92. The van der Waals surface area contributed by atoms with E-state index >= 15 is 0 Å². The molecule has 38 heavy (non-hydrogen) atoms. The van der Waals surface area contributed by atoms with Crippen LogP contribution in [0.25, 0.3) is 0 Å². The van der Waals surface area contributed by atoms with Crippen molar-refractivity contribution in [3.8, 4) is 0 Å². The number of esters is 1. The van der Waals surface area contributed by atoms with Crippen molar-refractivity contribution >= 4 is 24.7 Å². The van der Waals surface area contributed by atoms with Crippen LogP contribution in [0.15, 0.2) is 82.5 Å². The highest BCUT2D eigenvalue weighted by Crippen LogP contribution is 2.39. The summed E-state index contributed by atoms with van der Waals surface area (Å²) in [6.45, 7) is 7.73. The van der Waals surface area contributed by atoms with Crippen molar-refractivity contribution in [2.24, 2.45) is 5.92 Å². The molecular formula is C28H34N2O7Si. The largest absolute Gasteiger partial charge is 0.465 e. The van der Waals surface area contributed by atoms with Gasteiger partial charge in [-0.3, -0.25) is 19.1 Å². The molecule has 202 valence electrons. The maximum Gasteiger partial charge on any atom is 0.330 e. The van der Waals surface area contributed by atoms with Gasteiger partial charge < -0.3 is 19.0 Å². The highest BCUT2D eigenvalue weighted by atomic mass is 28.4. The van der Waals surface area contributed by atoms with Crippen molar-refractivity contribution in [2.75, 3.05) is 13.2 Å². The predicted octanol–water partition coefficient (Wildman–Crippen LogP) is 1.55. The van der Waals surface area contributed by atoms with Crippen LogP contribution < -0.4 is 21.6 Å². The lowest BCUT2D eigenvalue weighted by Crippen LogP contribution is -2.67. The van der Waals surface area contributed by atoms with Gasteiger partial charge in [0, 0.05) is 19.2 Å². The molecular weight excluding hydrogens is 504 g/mol. The number of nitrogens with zero attached hydrogens (tertiary/aromatic N) is 1. The molecule has 9 nitrogen and oxygen atoms in total. The molecule has 1 unspecified atom stereocenters. The van der Waals surface area contributed by atoms with Crippen LogP contribution in [0.2, 0.25) is 5.04 Å². The first-order valence-corrected chi connectivity index (χ1v) is 14.5. The third-order valence-corrected chi connectivity index (χ3v) is 12.0. The van der Waals surface area contributed by atoms with Gasteiger partial charge in [-0.1, -0.05) is 81.4 Å². The number of hydrogen-bond donors (Lipinski definition) is 2. The van der Waals surface area contributed by atoms with Crippen LogP contribution >= 0.6 is 0 Å². The van der Waals surface area contributed by atoms with Gasteiger partial charge in [-0.05, 0) is 15.4 Å². The number of nitrogens with one attached hydrogen (secondary N) is 1. The normalized spacial score (nSPS) is 21.8. The molecule has 1 saturated heterocycles. The summed E-state index contributed by atoms with van der Waals surface area (Å²) in [5.41, 5.74) is -1.26. The molecule has 4 rings (SSSR count). The minimum atomic E-state index is -2.92. The third kappa shape index (κ3) is 5.44. The number of carbonyl (C=O) groups is 1. The summed E-state index contributed by atoms with van der Waals surface area (Å²) in [4.78, 5) is 37.9. The van der Waals surface area contributed by atoms with Gasteiger partial charge in [-0.15, -0.1) is 0 Å². The van der Waals surface area contributed by atoms with E-state index in [1.54, 1.807) is 0 Å². The Hall–Kier alpha value is -3.31. The lowest BCUT2D eigenvalue weighted by molar-refractivity contribution is -0.143. The van der Waals surface area contributed by atoms with Gasteiger partial charge in [0.2, 0.25) is 0 Å². The number of H-pyrrole nitrogens is 1. The van der Waals surface area contributed by atoms with Crippen LogP contribution in [-0.4, -0.2) is 54.4 Å². The molecule has 0 saturated carbocycles. The first-order chi connectivity index (χ1) is 18.0. The van der Waals surface area contributed by atoms with Crippen LogP contribution in [0.3, 0.4) is 0 Å². The van der Waals surface area contributed by atoms with Gasteiger partial charge in [0.25, 0.3) is 13.9 Å². The number of benzene rings is 2. The zero-order valence-corrected chi connectivity index (χ0v) is 23.0. The SMILES string of the molecule is CC(=O)OC[C@H]1C(O)[C@H](n2ccc(=O)[nH]c2=O)O[C@@H]1CO[Si](c1ccccc1)(c1ccccc1)C(C)(C)C. The predicted molar refractivity (Wildman–Crippen MR) is 145 cm³/mol. The topological polar surface area (TPSA) is 120 Å². The second-order valence-corrected chi connectivity index (χ2v) is 14.8. The molecule has 0 aliphatic carbocycles. The number of rotatable bonds is 8. The summed E-state index contributed by atoms with van der Waals surface area (Å²) < 4.78 is 19.6. The minimum Gasteiger partial charge on any atom is -0.465 e. The van der Waals surface area contributed by atoms with E-state index in [0.717, 1.165) is 14.9 Å². The summed E-state index contributed by atoms with van der Waals surface area (Å²) in [5.74, 6) is -1.16. The fourth-order valence-electron chi connectivity index (χ4n) is 5.20. The molecule has 0 bridgehead atoms. The van der Waals surface area contributed by atoms with E-state index in [-0.39, 0.29) is 18.3 Å². The average molecular weight is 539 g/mol. The zero-order valence-electron chi connectivity index (χ0n) is 22.0. The summed E-state index contributed by atoms with van der Waals surface area (Å²) >= 11 is 0. The van der Waals surface area contributed by atoms with E-state index in [4.69, 9.17) is 13.9 Å². The van der Waals surface area contributed by atoms with Crippen molar-refractivity contribution in [1.29, 1.82) is 0 Å². The standard InChI is InChI=1S/C28H34N2O7Si/c1-19(31)35-17-22-23(37-26(25(22)33)30-16-15-24(32)29-27(30)34)18-36-38(28(2,3)4,20-11-7-5-8-12-20)21-13-9-6-10-14-21/h5-16,22-23,25-26,33H,17-18H2,1-4H3,(H,29,32,34)/t22-,23-,25?,26-/m1/s1. The number of aliphatic hydroxyl groups excluding tert-OH is 1. The number of carbonyl (C=O) groups excluding carboxylic acids is 1. The Labute approximate surface area is 222 Å². The maximum absolute atomic E-state index is 12.5. The second-order valence-electron chi connectivity index (χ2n) is 10.5. The lowest BCUT2D eigenvalue weighted by atomic mass is 9.99. The lowest BCUT2D eigenvalue weighted by Gasteiger charge is -2.43. The first-order valence-electron chi connectivity index (χ1n) is 12.6. The fraction of sp³-hybridized carbons (Fsp3) is 0.393. The smallest absolute Gasteiger partial charge is 0.330 e. The van der Waals surface area contributed by atoms with E-state index in [9.17, 15) is 19.5 Å². The zero-order chi connectivity index (χ0) is 27.5. The van der Waals surface area contributed by atoms with E-state index in [0.29, 0.717) is 0 Å². The molecule has 10 heteroatoms. The van der Waals surface area contributed by atoms with Crippen LogP contribution in [0, 0.1) is 5.92 Å². The molecule has 4 atom stereocenters. The number of ether oxygens (including phenoxy) is 2. The summed E-state index contributed by atoms with van der Waals surface area (Å²) in [5, 5.41) is 13.1. The van der Waals surface area contributed by atoms with E-state index in [1.807, 2.05) is 36.4 Å². The highest BCUT2D eigenvalue weighted by Gasteiger charge is 2.52. The van der Waals surface area contributed by atoms with E-state index < -0.39 is 49.9 Å². The number of aromatic nitrogens is 2. The van der Waals surface area contributed by atoms with Crippen LogP contribution in [-0.2, 0) is 18.7 Å². The Kier molecular flexibility index (Phi) is 8.17. The van der Waals surface area contributed by atoms with Crippen molar-refractivity contribution in [3.05, 3.63) is 93.8 Å². The monoisotopic (exact) mass is 538 g/mol. The van der Waals surface area contributed by atoms with Gasteiger partial charge >= 0.3 is 11.7 Å². The van der Waals surface area contributed by atoms with Gasteiger partial charge in [-0.25, -0.2) is 4.79 Å². The molecule has 1 aliphatic rings. The maximum atomic E-state index is 12.5. The summed E-state index contributed by atoms with van der Waals surface area (Å²) in [6, 6.07) is 21.4. The fourth-order valence-corrected chi connectivity index (χ4v) is 9.77. The molecule has 2 heterocycles. The minimum absolute atomic E-state index is 0.0882. The molecule has 1 aliphatic heterocycles. The quantitative estimate of drug-likeness (QED) is 0.330. The van der Waals surface area contributed by atoms with Gasteiger partial charge in [0.05, 0.1) is 25.2 Å². The van der Waals surface area contributed by atoms with Gasteiger partial charge in [0.1, 0.15) is 6.10 Å². The molecule has 1 fully saturated rings. The van der Waals surface area contributed by atoms with Crippen LogP contribution in [0.4, 0.5) is 0 Å². The number of aliphatic hydroxyl groups is 1.